The Kier molecular flexibility index (Phi) is 4.72. The molecule has 0 aliphatic carbocycles. The van der Waals surface area contributed by atoms with Crippen LogP contribution in [0.25, 0.3) is 0 Å². The van der Waals surface area contributed by atoms with Gasteiger partial charge in [0, 0.05) is 20.6 Å². The zero-order chi connectivity index (χ0) is 12.6. The fraction of sp³-hybridized carbons (Fsp3) is 0.0909. The van der Waals surface area contributed by atoms with Crippen molar-refractivity contribution in [2.45, 2.75) is 6.10 Å². The van der Waals surface area contributed by atoms with Crippen molar-refractivity contribution in [1.29, 1.82) is 0 Å². The molecule has 1 heterocycles. The Morgan fingerprint density at radius 1 is 1.12 bits per heavy atom. The molecule has 1 N–H and O–H groups in total. The van der Waals surface area contributed by atoms with E-state index >= 15 is 0 Å². The summed E-state index contributed by atoms with van der Waals surface area (Å²) in [6.45, 7) is 0. The number of benzene rings is 1. The molecule has 1 atom stereocenters. The van der Waals surface area contributed by atoms with Gasteiger partial charge in [0.05, 0.1) is 7.57 Å². The molecule has 1 nitrogen and oxygen atoms in total. The van der Waals surface area contributed by atoms with E-state index in [9.17, 15) is 5.11 Å². The quantitative estimate of drug-likeness (QED) is 0.602. The number of aliphatic hydroxyl groups excluding tert-OH is 1. The normalized spacial score (nSPS) is 12.8. The van der Waals surface area contributed by atoms with Crippen LogP contribution >= 0.6 is 70.7 Å². The first-order valence-electron chi connectivity index (χ1n) is 4.57. The lowest BCUT2D eigenvalue weighted by atomic mass is 10.0. The van der Waals surface area contributed by atoms with Crippen molar-refractivity contribution in [3.63, 3.8) is 0 Å². The van der Waals surface area contributed by atoms with Gasteiger partial charge in [0.1, 0.15) is 6.10 Å². The molecule has 0 spiro atoms. The Labute approximate surface area is 133 Å². The average Bonchev–Trinajstić information content (AvgIpc) is 2.60. The fourth-order valence-corrected chi connectivity index (χ4v) is 4.91. The molecule has 0 amide bonds. The standard InChI is InChI=1S/C11H6Br3ClOS/c12-5-1-2-8(15)6(3-5)10(16)7-4-9(13)17-11(7)14/h1-4,10,16H. The van der Waals surface area contributed by atoms with Gasteiger partial charge >= 0.3 is 0 Å². The minimum atomic E-state index is -0.739. The summed E-state index contributed by atoms with van der Waals surface area (Å²) in [4.78, 5) is 0. The molecule has 2 rings (SSSR count). The molecule has 1 aromatic heterocycles. The van der Waals surface area contributed by atoms with Gasteiger partial charge in [-0.1, -0.05) is 27.5 Å². The maximum absolute atomic E-state index is 10.3. The van der Waals surface area contributed by atoms with Gasteiger partial charge in [0.2, 0.25) is 0 Å². The van der Waals surface area contributed by atoms with Gasteiger partial charge in [0.25, 0.3) is 0 Å². The summed E-state index contributed by atoms with van der Waals surface area (Å²) in [6.07, 6.45) is -0.739. The smallest absolute Gasteiger partial charge is 0.107 e. The van der Waals surface area contributed by atoms with E-state index < -0.39 is 6.10 Å². The third-order valence-corrected chi connectivity index (χ3v) is 5.45. The van der Waals surface area contributed by atoms with Crippen molar-refractivity contribution < 1.29 is 5.11 Å². The summed E-state index contributed by atoms with van der Waals surface area (Å²) in [7, 11) is 0. The predicted molar refractivity (Wildman–Crippen MR) is 82.9 cm³/mol. The minimum Gasteiger partial charge on any atom is -0.384 e. The predicted octanol–water partition coefficient (Wildman–Crippen LogP) is 5.77. The van der Waals surface area contributed by atoms with Crippen molar-refractivity contribution >= 4 is 70.7 Å². The molecular formula is C11H6Br3ClOS. The van der Waals surface area contributed by atoms with Crippen LogP contribution < -0.4 is 0 Å². The first-order chi connectivity index (χ1) is 7.99. The second kappa shape index (κ2) is 5.72. The molecule has 1 unspecified atom stereocenters. The van der Waals surface area contributed by atoms with Crippen molar-refractivity contribution in [2.24, 2.45) is 0 Å². The molecule has 0 saturated carbocycles. The zero-order valence-corrected chi connectivity index (χ0v) is 14.6. The third kappa shape index (κ3) is 3.14. The van der Waals surface area contributed by atoms with Gasteiger partial charge in [-0.25, -0.2) is 0 Å². The van der Waals surface area contributed by atoms with Crippen LogP contribution in [0.3, 0.4) is 0 Å². The largest absolute Gasteiger partial charge is 0.384 e. The summed E-state index contributed by atoms with van der Waals surface area (Å²) >= 11 is 17.8. The highest BCUT2D eigenvalue weighted by molar-refractivity contribution is 9.12. The van der Waals surface area contributed by atoms with Crippen LogP contribution in [0.5, 0.6) is 0 Å². The van der Waals surface area contributed by atoms with E-state index in [4.69, 9.17) is 11.6 Å². The SMILES string of the molecule is OC(c1cc(Br)ccc1Cl)c1cc(Br)sc1Br. The molecule has 1 aromatic carbocycles. The van der Waals surface area contributed by atoms with Gasteiger partial charge in [0.15, 0.2) is 0 Å². The number of hydrogen-bond donors (Lipinski definition) is 1. The molecular weight excluding hydrogens is 455 g/mol. The topological polar surface area (TPSA) is 20.2 Å². The van der Waals surface area contributed by atoms with Gasteiger partial charge < -0.3 is 5.11 Å². The molecule has 0 saturated heterocycles. The summed E-state index contributed by atoms with van der Waals surface area (Å²) in [6, 6.07) is 7.32. The lowest BCUT2D eigenvalue weighted by molar-refractivity contribution is 0.220. The lowest BCUT2D eigenvalue weighted by Gasteiger charge is -2.12. The van der Waals surface area contributed by atoms with Gasteiger partial charge in [-0.15, -0.1) is 11.3 Å². The van der Waals surface area contributed by atoms with Gasteiger partial charge in [-0.3, -0.25) is 0 Å². The maximum Gasteiger partial charge on any atom is 0.107 e. The first-order valence-corrected chi connectivity index (χ1v) is 8.14. The molecule has 90 valence electrons. The van der Waals surface area contributed by atoms with Crippen LogP contribution in [-0.4, -0.2) is 5.11 Å². The fourth-order valence-electron chi connectivity index (χ4n) is 1.43. The lowest BCUT2D eigenvalue weighted by Crippen LogP contribution is -1.99. The Bertz CT molecular complexity index is 556. The monoisotopic (exact) mass is 458 g/mol. The molecule has 0 aliphatic heterocycles. The number of thiophene rings is 1. The van der Waals surface area contributed by atoms with Crippen molar-refractivity contribution in [2.75, 3.05) is 0 Å². The Hall–Kier alpha value is 0.610. The molecule has 2 aromatic rings. The van der Waals surface area contributed by atoms with Crippen LogP contribution in [0, 0.1) is 0 Å². The van der Waals surface area contributed by atoms with Crippen LogP contribution in [0.2, 0.25) is 5.02 Å². The molecule has 0 bridgehead atoms. The van der Waals surface area contributed by atoms with Crippen LogP contribution in [-0.2, 0) is 0 Å². The second-order valence-electron chi connectivity index (χ2n) is 3.35. The highest BCUT2D eigenvalue weighted by Crippen LogP contribution is 2.39. The zero-order valence-electron chi connectivity index (χ0n) is 8.25. The molecule has 0 fully saturated rings. The first kappa shape index (κ1) is 14.0. The van der Waals surface area contributed by atoms with E-state index in [1.165, 1.54) is 11.3 Å². The van der Waals surface area contributed by atoms with E-state index in [1.807, 2.05) is 18.2 Å². The van der Waals surface area contributed by atoms with E-state index in [-0.39, 0.29) is 0 Å². The van der Waals surface area contributed by atoms with Crippen molar-refractivity contribution in [3.05, 3.63) is 52.5 Å². The average molecular weight is 461 g/mol. The summed E-state index contributed by atoms with van der Waals surface area (Å²) < 4.78 is 2.75. The van der Waals surface area contributed by atoms with Crippen molar-refractivity contribution in [3.8, 4) is 0 Å². The van der Waals surface area contributed by atoms with Gasteiger partial charge in [-0.05, 0) is 56.1 Å². The number of aliphatic hydroxyl groups is 1. The van der Waals surface area contributed by atoms with E-state index in [0.717, 1.165) is 17.6 Å². The third-order valence-electron chi connectivity index (χ3n) is 2.23. The molecule has 0 aliphatic rings. The summed E-state index contributed by atoms with van der Waals surface area (Å²) in [5, 5.41) is 10.9. The van der Waals surface area contributed by atoms with Gasteiger partial charge in [-0.2, -0.15) is 0 Å². The Morgan fingerprint density at radius 3 is 2.41 bits per heavy atom. The minimum absolute atomic E-state index is 0.551. The summed E-state index contributed by atoms with van der Waals surface area (Å²) in [5.41, 5.74) is 1.49. The molecule has 17 heavy (non-hydrogen) atoms. The maximum atomic E-state index is 10.3. The number of halogens is 4. The van der Waals surface area contributed by atoms with E-state index in [1.54, 1.807) is 6.07 Å². The van der Waals surface area contributed by atoms with E-state index in [0.29, 0.717) is 10.6 Å². The van der Waals surface area contributed by atoms with Crippen molar-refractivity contribution in [1.82, 2.24) is 0 Å². The van der Waals surface area contributed by atoms with Crippen LogP contribution in [0.1, 0.15) is 17.2 Å². The Morgan fingerprint density at radius 2 is 1.82 bits per heavy atom. The summed E-state index contributed by atoms with van der Waals surface area (Å²) in [5.74, 6) is 0. The number of rotatable bonds is 2. The molecule has 6 heteroatoms. The van der Waals surface area contributed by atoms with E-state index in [2.05, 4.69) is 47.8 Å². The highest BCUT2D eigenvalue weighted by atomic mass is 79.9. The number of hydrogen-bond acceptors (Lipinski definition) is 2. The van der Waals surface area contributed by atoms with Crippen LogP contribution in [0.15, 0.2) is 36.3 Å². The highest BCUT2D eigenvalue weighted by Gasteiger charge is 2.19. The molecule has 0 radical (unpaired) electrons. The second-order valence-corrected chi connectivity index (χ2v) is 8.42. The Balaban J connectivity index is 2.46. The van der Waals surface area contributed by atoms with Crippen LogP contribution in [0.4, 0.5) is 0 Å².